The summed E-state index contributed by atoms with van der Waals surface area (Å²) in [5.41, 5.74) is 1.12. The van der Waals surface area contributed by atoms with E-state index in [1.807, 2.05) is 18.2 Å². The molecule has 2 rings (SSSR count). The SMILES string of the molecule is Fc1ccc(CCNc2ccccn2)cc1. The van der Waals surface area contributed by atoms with E-state index < -0.39 is 0 Å². The van der Waals surface area contributed by atoms with Crippen molar-refractivity contribution in [1.29, 1.82) is 0 Å². The van der Waals surface area contributed by atoms with Gasteiger partial charge in [-0.25, -0.2) is 9.37 Å². The van der Waals surface area contributed by atoms with E-state index in [9.17, 15) is 4.39 Å². The van der Waals surface area contributed by atoms with Gasteiger partial charge in [0.05, 0.1) is 0 Å². The standard InChI is InChI=1S/C13H13FN2/c14-12-6-4-11(5-7-12)8-10-16-13-3-1-2-9-15-13/h1-7,9H,8,10H2,(H,15,16). The first-order chi connectivity index (χ1) is 7.84. The van der Waals surface area contributed by atoms with E-state index in [0.29, 0.717) is 0 Å². The first-order valence-corrected chi connectivity index (χ1v) is 5.24. The molecule has 82 valence electrons. The number of aromatic nitrogens is 1. The lowest BCUT2D eigenvalue weighted by Gasteiger charge is -2.04. The van der Waals surface area contributed by atoms with E-state index in [1.54, 1.807) is 18.3 Å². The molecule has 0 atom stereocenters. The van der Waals surface area contributed by atoms with Crippen molar-refractivity contribution in [3.8, 4) is 0 Å². The molecule has 0 aliphatic rings. The monoisotopic (exact) mass is 216 g/mol. The summed E-state index contributed by atoms with van der Waals surface area (Å²) < 4.78 is 12.6. The van der Waals surface area contributed by atoms with Gasteiger partial charge >= 0.3 is 0 Å². The third-order valence-electron chi connectivity index (χ3n) is 2.30. The molecule has 0 spiro atoms. The van der Waals surface area contributed by atoms with Crippen LogP contribution in [0.2, 0.25) is 0 Å². The Kier molecular flexibility index (Phi) is 3.49. The fraction of sp³-hybridized carbons (Fsp3) is 0.154. The highest BCUT2D eigenvalue weighted by atomic mass is 19.1. The van der Waals surface area contributed by atoms with Crippen LogP contribution in [0, 0.1) is 5.82 Å². The zero-order valence-electron chi connectivity index (χ0n) is 8.86. The lowest BCUT2D eigenvalue weighted by Crippen LogP contribution is -2.05. The van der Waals surface area contributed by atoms with Crippen LogP contribution in [0.4, 0.5) is 10.2 Å². The Labute approximate surface area is 94.2 Å². The van der Waals surface area contributed by atoms with Gasteiger partial charge in [-0.05, 0) is 36.2 Å². The minimum Gasteiger partial charge on any atom is -0.370 e. The molecule has 0 aliphatic carbocycles. The Bertz CT molecular complexity index is 425. The molecule has 0 radical (unpaired) electrons. The number of hydrogen-bond acceptors (Lipinski definition) is 2. The molecule has 1 aromatic heterocycles. The number of rotatable bonds is 4. The van der Waals surface area contributed by atoms with Crippen molar-refractivity contribution in [3.05, 3.63) is 60.0 Å². The van der Waals surface area contributed by atoms with Crippen molar-refractivity contribution < 1.29 is 4.39 Å². The van der Waals surface area contributed by atoms with Crippen LogP contribution in [0.3, 0.4) is 0 Å². The van der Waals surface area contributed by atoms with Crippen LogP contribution in [-0.4, -0.2) is 11.5 Å². The Morgan fingerprint density at radius 1 is 1.06 bits per heavy atom. The van der Waals surface area contributed by atoms with Gasteiger partial charge in [0, 0.05) is 12.7 Å². The van der Waals surface area contributed by atoms with E-state index in [0.717, 1.165) is 24.3 Å². The predicted octanol–water partition coefficient (Wildman–Crippen LogP) is 2.88. The topological polar surface area (TPSA) is 24.9 Å². The number of nitrogens with one attached hydrogen (secondary N) is 1. The average Bonchev–Trinajstić information content (AvgIpc) is 2.33. The molecule has 1 heterocycles. The number of pyridine rings is 1. The molecule has 16 heavy (non-hydrogen) atoms. The summed E-state index contributed by atoms with van der Waals surface area (Å²) in [7, 11) is 0. The smallest absolute Gasteiger partial charge is 0.125 e. The van der Waals surface area contributed by atoms with Gasteiger partial charge in [-0.15, -0.1) is 0 Å². The lowest BCUT2D eigenvalue weighted by molar-refractivity contribution is 0.627. The summed E-state index contributed by atoms with van der Waals surface area (Å²) in [5, 5.41) is 3.20. The third kappa shape index (κ3) is 3.05. The maximum absolute atomic E-state index is 12.6. The Balaban J connectivity index is 1.82. The van der Waals surface area contributed by atoms with Crippen molar-refractivity contribution in [2.45, 2.75) is 6.42 Å². The maximum Gasteiger partial charge on any atom is 0.125 e. The lowest BCUT2D eigenvalue weighted by atomic mass is 10.1. The Morgan fingerprint density at radius 2 is 1.88 bits per heavy atom. The quantitative estimate of drug-likeness (QED) is 0.850. The molecule has 0 fully saturated rings. The molecule has 2 aromatic rings. The van der Waals surface area contributed by atoms with Crippen LogP contribution >= 0.6 is 0 Å². The zero-order chi connectivity index (χ0) is 11.2. The first kappa shape index (κ1) is 10.6. The van der Waals surface area contributed by atoms with Crippen LogP contribution in [0.5, 0.6) is 0 Å². The largest absolute Gasteiger partial charge is 0.370 e. The molecule has 1 aromatic carbocycles. The van der Waals surface area contributed by atoms with Crippen LogP contribution < -0.4 is 5.32 Å². The van der Waals surface area contributed by atoms with E-state index in [2.05, 4.69) is 10.3 Å². The zero-order valence-corrected chi connectivity index (χ0v) is 8.86. The van der Waals surface area contributed by atoms with Gasteiger partial charge in [-0.1, -0.05) is 18.2 Å². The number of anilines is 1. The number of nitrogens with zero attached hydrogens (tertiary/aromatic N) is 1. The van der Waals surface area contributed by atoms with E-state index >= 15 is 0 Å². The van der Waals surface area contributed by atoms with Crippen LogP contribution in [0.15, 0.2) is 48.7 Å². The minimum atomic E-state index is -0.193. The maximum atomic E-state index is 12.6. The van der Waals surface area contributed by atoms with E-state index in [1.165, 1.54) is 12.1 Å². The van der Waals surface area contributed by atoms with Crippen LogP contribution in [0.25, 0.3) is 0 Å². The van der Waals surface area contributed by atoms with Gasteiger partial charge in [0.25, 0.3) is 0 Å². The summed E-state index contributed by atoms with van der Waals surface area (Å²) >= 11 is 0. The molecular weight excluding hydrogens is 203 g/mol. The molecule has 1 N–H and O–H groups in total. The van der Waals surface area contributed by atoms with Crippen LogP contribution in [-0.2, 0) is 6.42 Å². The van der Waals surface area contributed by atoms with Crippen molar-refractivity contribution in [2.75, 3.05) is 11.9 Å². The van der Waals surface area contributed by atoms with Crippen molar-refractivity contribution in [2.24, 2.45) is 0 Å². The molecule has 0 bridgehead atoms. The molecule has 0 saturated carbocycles. The summed E-state index contributed by atoms with van der Waals surface area (Å²) in [4.78, 5) is 4.15. The van der Waals surface area contributed by atoms with Gasteiger partial charge in [0.15, 0.2) is 0 Å². The van der Waals surface area contributed by atoms with Gasteiger partial charge in [0.1, 0.15) is 11.6 Å². The highest BCUT2D eigenvalue weighted by Crippen LogP contribution is 2.04. The molecule has 2 nitrogen and oxygen atoms in total. The second kappa shape index (κ2) is 5.26. The predicted molar refractivity (Wildman–Crippen MR) is 62.8 cm³/mol. The summed E-state index contributed by atoms with van der Waals surface area (Å²) in [6.45, 7) is 0.794. The molecule has 3 heteroatoms. The first-order valence-electron chi connectivity index (χ1n) is 5.24. The Morgan fingerprint density at radius 3 is 2.56 bits per heavy atom. The van der Waals surface area contributed by atoms with Crippen LogP contribution in [0.1, 0.15) is 5.56 Å². The van der Waals surface area contributed by atoms with Gasteiger partial charge in [-0.3, -0.25) is 0 Å². The molecule has 0 saturated heterocycles. The average molecular weight is 216 g/mol. The fourth-order valence-electron chi connectivity index (χ4n) is 1.45. The summed E-state index contributed by atoms with van der Waals surface area (Å²) in [5.74, 6) is 0.672. The van der Waals surface area contributed by atoms with E-state index in [-0.39, 0.29) is 5.82 Å². The molecule has 0 amide bonds. The van der Waals surface area contributed by atoms with Crippen molar-refractivity contribution in [3.63, 3.8) is 0 Å². The third-order valence-corrected chi connectivity index (χ3v) is 2.30. The summed E-state index contributed by atoms with van der Waals surface area (Å²) in [6.07, 6.45) is 2.61. The molecule has 0 unspecified atom stereocenters. The summed E-state index contributed by atoms with van der Waals surface area (Å²) in [6, 6.07) is 12.3. The highest BCUT2D eigenvalue weighted by molar-refractivity contribution is 5.33. The Hall–Kier alpha value is -1.90. The fourth-order valence-corrected chi connectivity index (χ4v) is 1.45. The van der Waals surface area contributed by atoms with Gasteiger partial charge in [-0.2, -0.15) is 0 Å². The minimum absolute atomic E-state index is 0.193. The molecule has 0 aliphatic heterocycles. The van der Waals surface area contributed by atoms with Crippen molar-refractivity contribution >= 4 is 5.82 Å². The van der Waals surface area contributed by atoms with Gasteiger partial charge in [0.2, 0.25) is 0 Å². The second-order valence-corrected chi connectivity index (χ2v) is 3.52. The van der Waals surface area contributed by atoms with Crippen molar-refractivity contribution in [1.82, 2.24) is 4.98 Å². The second-order valence-electron chi connectivity index (χ2n) is 3.52. The normalized spacial score (nSPS) is 10.1. The highest BCUT2D eigenvalue weighted by Gasteiger charge is 1.95. The van der Waals surface area contributed by atoms with E-state index in [4.69, 9.17) is 0 Å². The van der Waals surface area contributed by atoms with Gasteiger partial charge < -0.3 is 5.32 Å². The number of halogens is 1. The number of hydrogen-bond donors (Lipinski definition) is 1. The molecular formula is C13H13FN2. The number of benzene rings is 1.